The van der Waals surface area contributed by atoms with Crippen molar-refractivity contribution in [3.05, 3.63) is 59.7 Å². The Labute approximate surface area is 154 Å². The summed E-state index contributed by atoms with van der Waals surface area (Å²) >= 11 is 0. The van der Waals surface area contributed by atoms with Crippen LogP contribution in [0.1, 0.15) is 48.8 Å². The maximum atomic E-state index is 4.60. The number of aromatic nitrogens is 3. The Bertz CT molecular complexity index is 808. The van der Waals surface area contributed by atoms with E-state index in [0.717, 1.165) is 42.9 Å². The van der Waals surface area contributed by atoms with Crippen LogP contribution in [0.25, 0.3) is 11.0 Å². The lowest BCUT2D eigenvalue weighted by Gasteiger charge is -2.25. The molecule has 0 fully saturated rings. The van der Waals surface area contributed by atoms with Gasteiger partial charge in [0.25, 0.3) is 0 Å². The zero-order valence-corrected chi connectivity index (χ0v) is 15.2. The van der Waals surface area contributed by atoms with E-state index in [4.69, 9.17) is 0 Å². The van der Waals surface area contributed by atoms with Crippen molar-refractivity contribution in [1.29, 1.82) is 0 Å². The second-order valence-corrected chi connectivity index (χ2v) is 7.03. The first-order chi connectivity index (χ1) is 12.9. The SMILES string of the molecule is c1cnc2c(c1)CCC[C@@H]2NCCCCNCc1nc2ccccc2[nH]1. The number of aromatic amines is 1. The summed E-state index contributed by atoms with van der Waals surface area (Å²) in [5, 5.41) is 7.18. The Balaban J connectivity index is 1.14. The van der Waals surface area contributed by atoms with Crippen LogP contribution in [0, 0.1) is 0 Å². The summed E-state index contributed by atoms with van der Waals surface area (Å²) in [4.78, 5) is 12.5. The summed E-state index contributed by atoms with van der Waals surface area (Å²) < 4.78 is 0. The first-order valence-electron chi connectivity index (χ1n) is 9.72. The summed E-state index contributed by atoms with van der Waals surface area (Å²) in [5.41, 5.74) is 4.83. The monoisotopic (exact) mass is 349 g/mol. The number of benzene rings is 1. The predicted molar refractivity (Wildman–Crippen MR) is 105 cm³/mol. The fourth-order valence-corrected chi connectivity index (χ4v) is 3.76. The Morgan fingerprint density at radius 2 is 2.00 bits per heavy atom. The first kappa shape index (κ1) is 17.2. The van der Waals surface area contributed by atoms with Gasteiger partial charge in [0.1, 0.15) is 5.82 Å². The lowest BCUT2D eigenvalue weighted by molar-refractivity contribution is 0.439. The number of hydrogen-bond donors (Lipinski definition) is 3. The van der Waals surface area contributed by atoms with E-state index < -0.39 is 0 Å². The highest BCUT2D eigenvalue weighted by Crippen LogP contribution is 2.27. The van der Waals surface area contributed by atoms with E-state index in [2.05, 4.69) is 43.8 Å². The third-order valence-electron chi connectivity index (χ3n) is 5.10. The molecule has 3 N–H and O–H groups in total. The van der Waals surface area contributed by atoms with Gasteiger partial charge in [-0.05, 0) is 69.0 Å². The van der Waals surface area contributed by atoms with Crippen LogP contribution in [0.2, 0.25) is 0 Å². The quantitative estimate of drug-likeness (QED) is 0.545. The number of fused-ring (bicyclic) bond motifs is 2. The molecule has 2 aromatic heterocycles. The molecule has 0 amide bonds. The molecule has 5 heteroatoms. The van der Waals surface area contributed by atoms with Gasteiger partial charge in [0.2, 0.25) is 0 Å². The van der Waals surface area contributed by atoms with E-state index >= 15 is 0 Å². The molecule has 4 rings (SSSR count). The number of aryl methyl sites for hydroxylation is 1. The predicted octanol–water partition coefficient (Wildman–Crippen LogP) is 3.49. The van der Waals surface area contributed by atoms with Crippen LogP contribution in [0.4, 0.5) is 0 Å². The molecule has 1 aliphatic rings. The first-order valence-corrected chi connectivity index (χ1v) is 9.72. The van der Waals surface area contributed by atoms with Gasteiger partial charge in [-0.3, -0.25) is 4.98 Å². The molecule has 136 valence electrons. The lowest BCUT2D eigenvalue weighted by atomic mass is 9.92. The van der Waals surface area contributed by atoms with E-state index in [-0.39, 0.29) is 0 Å². The Hall–Kier alpha value is -2.24. The van der Waals surface area contributed by atoms with Crippen LogP contribution >= 0.6 is 0 Å². The Morgan fingerprint density at radius 3 is 2.96 bits per heavy atom. The second kappa shape index (κ2) is 8.43. The van der Waals surface area contributed by atoms with Crippen molar-refractivity contribution in [2.45, 2.75) is 44.7 Å². The van der Waals surface area contributed by atoms with Gasteiger partial charge >= 0.3 is 0 Å². The number of nitrogens with one attached hydrogen (secondary N) is 3. The van der Waals surface area contributed by atoms with Gasteiger partial charge in [-0.15, -0.1) is 0 Å². The molecule has 0 radical (unpaired) electrons. The maximum Gasteiger partial charge on any atom is 0.121 e. The van der Waals surface area contributed by atoms with Crippen LogP contribution < -0.4 is 10.6 Å². The third kappa shape index (κ3) is 4.11. The number of H-pyrrole nitrogens is 1. The minimum Gasteiger partial charge on any atom is -0.341 e. The number of hydrogen-bond acceptors (Lipinski definition) is 4. The molecule has 2 heterocycles. The van der Waals surface area contributed by atoms with Crippen LogP contribution in [0.3, 0.4) is 0 Å². The zero-order valence-electron chi connectivity index (χ0n) is 15.2. The van der Waals surface area contributed by atoms with Crippen molar-refractivity contribution < 1.29 is 0 Å². The van der Waals surface area contributed by atoms with E-state index in [0.29, 0.717) is 6.04 Å². The van der Waals surface area contributed by atoms with Gasteiger partial charge in [0.15, 0.2) is 0 Å². The molecule has 0 saturated carbocycles. The highest BCUT2D eigenvalue weighted by Gasteiger charge is 2.20. The number of imidazole rings is 1. The Morgan fingerprint density at radius 1 is 1.08 bits per heavy atom. The van der Waals surface area contributed by atoms with Gasteiger partial charge < -0.3 is 15.6 Å². The topological polar surface area (TPSA) is 65.6 Å². The highest BCUT2D eigenvalue weighted by molar-refractivity contribution is 5.74. The smallest absolute Gasteiger partial charge is 0.121 e. The number of nitrogens with zero attached hydrogens (tertiary/aromatic N) is 2. The minimum absolute atomic E-state index is 0.434. The highest BCUT2D eigenvalue weighted by atomic mass is 15.0. The maximum absolute atomic E-state index is 4.60. The summed E-state index contributed by atoms with van der Waals surface area (Å²) in [6.45, 7) is 2.85. The molecule has 0 unspecified atom stereocenters. The van der Waals surface area contributed by atoms with Gasteiger partial charge in [0.05, 0.1) is 23.3 Å². The van der Waals surface area contributed by atoms with Crippen molar-refractivity contribution in [3.63, 3.8) is 0 Å². The molecule has 1 aromatic carbocycles. The van der Waals surface area contributed by atoms with Crippen LogP contribution in [-0.2, 0) is 13.0 Å². The fourth-order valence-electron chi connectivity index (χ4n) is 3.76. The molecule has 0 bridgehead atoms. The largest absolute Gasteiger partial charge is 0.341 e. The number of para-hydroxylation sites is 2. The van der Waals surface area contributed by atoms with Crippen molar-refractivity contribution in [2.24, 2.45) is 0 Å². The fraction of sp³-hybridized carbons (Fsp3) is 0.429. The normalized spacial score (nSPS) is 16.7. The summed E-state index contributed by atoms with van der Waals surface area (Å²) in [6, 6.07) is 12.9. The molecule has 1 atom stereocenters. The molecule has 26 heavy (non-hydrogen) atoms. The molecule has 0 aliphatic heterocycles. The zero-order chi connectivity index (χ0) is 17.6. The number of unbranched alkanes of at least 4 members (excludes halogenated alkanes) is 1. The molecule has 0 spiro atoms. The van der Waals surface area contributed by atoms with Crippen LogP contribution in [0.15, 0.2) is 42.6 Å². The molecule has 5 nitrogen and oxygen atoms in total. The Kier molecular flexibility index (Phi) is 5.57. The van der Waals surface area contributed by atoms with E-state index in [9.17, 15) is 0 Å². The summed E-state index contributed by atoms with van der Waals surface area (Å²) in [6.07, 6.45) is 7.89. The molecule has 3 aromatic rings. The van der Waals surface area contributed by atoms with Gasteiger partial charge in [-0.1, -0.05) is 18.2 Å². The standard InChI is InChI=1S/C21H27N5/c1-2-10-18-17(9-1)25-20(26-18)15-22-12-3-4-13-23-19-11-5-7-16-8-6-14-24-21(16)19/h1-2,6,8-10,14,19,22-23H,3-5,7,11-13,15H2,(H,25,26)/t19-/m0/s1. The van der Waals surface area contributed by atoms with Crippen LogP contribution in [-0.4, -0.2) is 28.0 Å². The lowest BCUT2D eigenvalue weighted by Crippen LogP contribution is -2.27. The molecular weight excluding hydrogens is 322 g/mol. The van der Waals surface area contributed by atoms with Crippen molar-refractivity contribution in [3.8, 4) is 0 Å². The molecular formula is C21H27N5. The van der Waals surface area contributed by atoms with Crippen molar-refractivity contribution in [2.75, 3.05) is 13.1 Å². The minimum atomic E-state index is 0.434. The third-order valence-corrected chi connectivity index (χ3v) is 5.10. The van der Waals surface area contributed by atoms with E-state index in [1.165, 1.54) is 36.9 Å². The second-order valence-electron chi connectivity index (χ2n) is 7.03. The van der Waals surface area contributed by atoms with E-state index in [1.54, 1.807) is 0 Å². The number of pyridine rings is 1. The molecule has 1 aliphatic carbocycles. The average Bonchev–Trinajstić information content (AvgIpc) is 3.10. The molecule has 0 saturated heterocycles. The van der Waals surface area contributed by atoms with Crippen LogP contribution in [0.5, 0.6) is 0 Å². The summed E-state index contributed by atoms with van der Waals surface area (Å²) in [7, 11) is 0. The van der Waals surface area contributed by atoms with Gasteiger partial charge in [-0.25, -0.2) is 4.98 Å². The van der Waals surface area contributed by atoms with Gasteiger partial charge in [0, 0.05) is 12.2 Å². The van der Waals surface area contributed by atoms with Gasteiger partial charge in [-0.2, -0.15) is 0 Å². The van der Waals surface area contributed by atoms with Crippen molar-refractivity contribution >= 4 is 11.0 Å². The van der Waals surface area contributed by atoms with Crippen molar-refractivity contribution in [1.82, 2.24) is 25.6 Å². The number of rotatable bonds is 8. The summed E-state index contributed by atoms with van der Waals surface area (Å²) in [5.74, 6) is 1.01. The average molecular weight is 349 g/mol. The van der Waals surface area contributed by atoms with E-state index in [1.807, 2.05) is 24.4 Å².